The first-order valence-corrected chi connectivity index (χ1v) is 12.1. The van der Waals surface area contributed by atoms with Crippen LogP contribution in [0.25, 0.3) is 0 Å². The van der Waals surface area contributed by atoms with Crippen molar-refractivity contribution in [1.29, 1.82) is 0 Å². The molecule has 4 rings (SSSR count). The van der Waals surface area contributed by atoms with Gasteiger partial charge in [-0.3, -0.25) is 4.79 Å². The lowest BCUT2D eigenvalue weighted by molar-refractivity contribution is -0.122. The van der Waals surface area contributed by atoms with Crippen molar-refractivity contribution in [2.24, 2.45) is 0 Å². The van der Waals surface area contributed by atoms with Crippen LogP contribution in [0.4, 0.5) is 11.4 Å². The summed E-state index contributed by atoms with van der Waals surface area (Å²) in [4.78, 5) is 15.0. The van der Waals surface area contributed by atoms with Crippen LogP contribution in [-0.2, 0) is 21.2 Å². The molecule has 2 heterocycles. The summed E-state index contributed by atoms with van der Waals surface area (Å²) < 4.78 is 33.5. The minimum Gasteiger partial charge on any atom is -0.480 e. The van der Waals surface area contributed by atoms with Gasteiger partial charge in [0.15, 0.2) is 6.10 Å². The number of carbonyl (C=O) groups excluding carboxylic acids is 1. The van der Waals surface area contributed by atoms with Gasteiger partial charge in [-0.05, 0) is 54.8 Å². The van der Waals surface area contributed by atoms with Gasteiger partial charge in [0.05, 0.1) is 16.3 Å². The number of nitrogens with one attached hydrogen (secondary N) is 1. The van der Waals surface area contributed by atoms with Gasteiger partial charge < -0.3 is 15.0 Å². The molecule has 2 aromatic carbocycles. The van der Waals surface area contributed by atoms with Gasteiger partial charge in [-0.15, -0.1) is 0 Å². The number of sulfonamides is 1. The van der Waals surface area contributed by atoms with Gasteiger partial charge in [-0.1, -0.05) is 18.0 Å². The van der Waals surface area contributed by atoms with Gasteiger partial charge in [0.25, 0.3) is 5.91 Å². The first kappa shape index (κ1) is 21.9. The zero-order chi connectivity index (χ0) is 22.2. The van der Waals surface area contributed by atoms with Crippen molar-refractivity contribution in [3.8, 4) is 5.75 Å². The molecule has 1 amide bonds. The number of benzene rings is 2. The van der Waals surface area contributed by atoms with Crippen LogP contribution in [0, 0.1) is 0 Å². The highest BCUT2D eigenvalue weighted by atomic mass is 35.5. The van der Waals surface area contributed by atoms with Crippen molar-refractivity contribution < 1.29 is 17.9 Å². The van der Waals surface area contributed by atoms with Crippen LogP contribution in [0.5, 0.6) is 5.75 Å². The topological polar surface area (TPSA) is 79.0 Å². The number of fused-ring (bicyclic) bond motifs is 1. The molecular weight excluding hydrogens is 438 g/mol. The number of anilines is 2. The first-order chi connectivity index (χ1) is 14.8. The monoisotopic (exact) mass is 463 g/mol. The predicted octanol–water partition coefficient (Wildman–Crippen LogP) is 3.52. The van der Waals surface area contributed by atoms with E-state index in [9.17, 15) is 13.2 Å². The molecule has 1 saturated heterocycles. The fourth-order valence-corrected chi connectivity index (χ4v) is 5.74. The number of ether oxygens (including phenoxy) is 1. The summed E-state index contributed by atoms with van der Waals surface area (Å²) >= 11 is 6.04. The van der Waals surface area contributed by atoms with E-state index >= 15 is 0 Å². The molecule has 0 aromatic heterocycles. The number of halogens is 1. The van der Waals surface area contributed by atoms with Gasteiger partial charge in [-0.2, -0.15) is 4.31 Å². The van der Waals surface area contributed by atoms with E-state index in [1.165, 1.54) is 10.4 Å². The van der Waals surface area contributed by atoms with Crippen molar-refractivity contribution in [1.82, 2.24) is 4.31 Å². The Balaban J connectivity index is 1.58. The quantitative estimate of drug-likeness (QED) is 0.733. The molecule has 2 aliphatic rings. The lowest BCUT2D eigenvalue weighted by atomic mass is 10.1. The molecule has 0 unspecified atom stereocenters. The summed E-state index contributed by atoms with van der Waals surface area (Å²) in [6, 6.07) is 10.1. The molecule has 2 aliphatic heterocycles. The summed E-state index contributed by atoms with van der Waals surface area (Å²) in [6.45, 7) is 1.05. The summed E-state index contributed by atoms with van der Waals surface area (Å²) in [6.07, 6.45) is 2.47. The lowest BCUT2D eigenvalue weighted by Gasteiger charge is -2.27. The number of hydrogen-bond acceptors (Lipinski definition) is 5. The number of amides is 1. The molecule has 9 heteroatoms. The Kier molecular flexibility index (Phi) is 6.14. The second-order valence-corrected chi connectivity index (χ2v) is 10.5. The highest BCUT2D eigenvalue weighted by Gasteiger charge is 2.31. The standard InChI is InChI=1S/C22H26ClN3O4S/c1-25(2)19-8-7-17(31(28,29)26-10-4-3-5-11-26)14-18(19)24-22(27)21-13-15-12-16(23)6-9-20(15)30-21/h6-9,12,14,21H,3-5,10-11,13H2,1-2H3,(H,24,27)/t21-/m1/s1. The fraction of sp³-hybridized carbons (Fsp3) is 0.409. The smallest absolute Gasteiger partial charge is 0.265 e. The number of carbonyl (C=O) groups is 1. The zero-order valence-electron chi connectivity index (χ0n) is 17.6. The van der Waals surface area contributed by atoms with Crippen LogP contribution in [-0.4, -0.2) is 51.9 Å². The maximum Gasteiger partial charge on any atom is 0.265 e. The average Bonchev–Trinajstić information content (AvgIpc) is 3.17. The van der Waals surface area contributed by atoms with E-state index in [2.05, 4.69) is 5.32 Å². The number of rotatable bonds is 5. The second kappa shape index (κ2) is 8.68. The minimum absolute atomic E-state index is 0.178. The first-order valence-electron chi connectivity index (χ1n) is 10.3. The largest absolute Gasteiger partial charge is 0.480 e. The molecule has 0 radical (unpaired) electrons. The van der Waals surface area contributed by atoms with E-state index in [4.69, 9.17) is 16.3 Å². The Labute approximate surface area is 188 Å². The van der Waals surface area contributed by atoms with E-state index in [-0.39, 0.29) is 10.8 Å². The van der Waals surface area contributed by atoms with Crippen LogP contribution in [0.3, 0.4) is 0 Å². The zero-order valence-corrected chi connectivity index (χ0v) is 19.2. The van der Waals surface area contributed by atoms with E-state index in [0.717, 1.165) is 24.8 Å². The summed E-state index contributed by atoms with van der Waals surface area (Å²) in [5.41, 5.74) is 2.03. The Bertz CT molecular complexity index is 1100. The third-order valence-corrected chi connectivity index (χ3v) is 7.78. The minimum atomic E-state index is -3.61. The normalized spacial score (nSPS) is 18.9. The Hall–Kier alpha value is -2.29. The number of nitrogens with zero attached hydrogens (tertiary/aromatic N) is 2. The van der Waals surface area contributed by atoms with Gasteiger partial charge in [0, 0.05) is 38.6 Å². The van der Waals surface area contributed by atoms with Crippen molar-refractivity contribution in [3.05, 3.63) is 47.0 Å². The Morgan fingerprint density at radius 3 is 2.58 bits per heavy atom. The van der Waals surface area contributed by atoms with Crippen LogP contribution in [0.15, 0.2) is 41.3 Å². The van der Waals surface area contributed by atoms with Crippen LogP contribution < -0.4 is 15.0 Å². The lowest BCUT2D eigenvalue weighted by Crippen LogP contribution is -2.36. The van der Waals surface area contributed by atoms with Crippen LogP contribution >= 0.6 is 11.6 Å². The fourth-order valence-electron chi connectivity index (χ4n) is 4.00. The number of hydrogen-bond donors (Lipinski definition) is 1. The molecule has 166 valence electrons. The van der Waals surface area contributed by atoms with E-state index in [0.29, 0.717) is 41.7 Å². The van der Waals surface area contributed by atoms with Crippen molar-refractivity contribution >= 4 is 38.9 Å². The molecule has 7 nitrogen and oxygen atoms in total. The molecule has 0 saturated carbocycles. The molecular formula is C22H26ClN3O4S. The summed E-state index contributed by atoms with van der Waals surface area (Å²) in [7, 11) is 0.0693. The van der Waals surface area contributed by atoms with Crippen molar-refractivity contribution in [3.63, 3.8) is 0 Å². The molecule has 1 N–H and O–H groups in total. The molecule has 1 fully saturated rings. The molecule has 1 atom stereocenters. The van der Waals surface area contributed by atoms with Crippen LogP contribution in [0.1, 0.15) is 24.8 Å². The molecule has 0 spiro atoms. The average molecular weight is 464 g/mol. The third kappa shape index (κ3) is 4.51. The van der Waals surface area contributed by atoms with Crippen molar-refractivity contribution in [2.75, 3.05) is 37.4 Å². The maximum atomic E-state index is 13.1. The Morgan fingerprint density at radius 2 is 1.87 bits per heavy atom. The van der Waals surface area contributed by atoms with Gasteiger partial charge >= 0.3 is 0 Å². The molecule has 2 aromatic rings. The predicted molar refractivity (Wildman–Crippen MR) is 122 cm³/mol. The Morgan fingerprint density at radius 1 is 1.13 bits per heavy atom. The van der Waals surface area contributed by atoms with Gasteiger partial charge in [-0.25, -0.2) is 8.42 Å². The number of piperidine rings is 1. The summed E-state index contributed by atoms with van der Waals surface area (Å²) in [5.74, 6) is 0.307. The molecule has 0 aliphatic carbocycles. The van der Waals surface area contributed by atoms with E-state index < -0.39 is 16.1 Å². The summed E-state index contributed by atoms with van der Waals surface area (Å²) in [5, 5.41) is 3.47. The highest BCUT2D eigenvalue weighted by molar-refractivity contribution is 7.89. The molecule has 0 bridgehead atoms. The van der Waals surface area contributed by atoms with E-state index in [1.807, 2.05) is 19.0 Å². The third-order valence-electron chi connectivity index (χ3n) is 5.65. The van der Waals surface area contributed by atoms with Crippen molar-refractivity contribution in [2.45, 2.75) is 36.7 Å². The van der Waals surface area contributed by atoms with Gasteiger partial charge in [0.1, 0.15) is 5.75 Å². The van der Waals surface area contributed by atoms with E-state index in [1.54, 1.807) is 30.3 Å². The maximum absolute atomic E-state index is 13.1. The van der Waals surface area contributed by atoms with Gasteiger partial charge in [0.2, 0.25) is 10.0 Å². The molecule has 31 heavy (non-hydrogen) atoms. The highest BCUT2D eigenvalue weighted by Crippen LogP contribution is 2.33. The van der Waals surface area contributed by atoms with Crippen LogP contribution in [0.2, 0.25) is 5.02 Å². The second-order valence-electron chi connectivity index (χ2n) is 8.09. The SMILES string of the molecule is CN(C)c1ccc(S(=O)(=O)N2CCCCC2)cc1NC(=O)[C@H]1Cc2cc(Cl)ccc2O1.